The second-order valence-electron chi connectivity index (χ2n) is 7.94. The van der Waals surface area contributed by atoms with Crippen molar-refractivity contribution in [3.63, 3.8) is 0 Å². The summed E-state index contributed by atoms with van der Waals surface area (Å²) in [6.45, 7) is 3.17. The zero-order valence-corrected chi connectivity index (χ0v) is 19.1. The summed E-state index contributed by atoms with van der Waals surface area (Å²) in [5, 5.41) is 6.06. The third kappa shape index (κ3) is 4.38. The predicted molar refractivity (Wildman–Crippen MR) is 131 cm³/mol. The van der Waals surface area contributed by atoms with E-state index in [1.54, 1.807) is 25.4 Å². The van der Waals surface area contributed by atoms with Crippen LogP contribution in [0.25, 0.3) is 11.0 Å². The Balaban J connectivity index is 1.40. The minimum absolute atomic E-state index is 0.265. The highest BCUT2D eigenvalue weighted by atomic mass is 16.5. The number of morpholine rings is 1. The molecule has 9 nitrogen and oxygen atoms in total. The maximum atomic E-state index is 11.9. The molecule has 0 bridgehead atoms. The number of imidazole rings is 1. The summed E-state index contributed by atoms with van der Waals surface area (Å²) in [6, 6.07) is 17.3. The molecule has 174 valence electrons. The number of hydrogen-bond acceptors (Lipinski definition) is 7. The van der Waals surface area contributed by atoms with Crippen LogP contribution in [-0.2, 0) is 11.8 Å². The summed E-state index contributed by atoms with van der Waals surface area (Å²) in [6.07, 6.45) is 1.55. The first-order chi connectivity index (χ1) is 16.6. The third-order valence-corrected chi connectivity index (χ3v) is 5.78. The van der Waals surface area contributed by atoms with E-state index >= 15 is 0 Å². The van der Waals surface area contributed by atoms with Gasteiger partial charge in [0.15, 0.2) is 0 Å². The second-order valence-corrected chi connectivity index (χ2v) is 7.94. The fraction of sp³-hybridized carbons (Fsp3) is 0.240. The zero-order chi connectivity index (χ0) is 23.5. The lowest BCUT2D eigenvalue weighted by Crippen LogP contribution is -2.36. The summed E-state index contributed by atoms with van der Waals surface area (Å²) < 4.78 is 13.5. The quantitative estimate of drug-likeness (QED) is 0.455. The van der Waals surface area contributed by atoms with E-state index in [0.29, 0.717) is 17.2 Å². The Kier molecular flexibility index (Phi) is 6.01. The minimum atomic E-state index is -0.265. The number of rotatable bonds is 6. The standard InChI is InChI=1S/C25H26N6O3/c1-26-24(32)21-16-18(9-10-27-21)34-17-7-8-22-20(15-17)29-25(30(22)2)28-19-5-3-4-6-23(19)31-11-13-33-14-12-31/h3-10,15-16H,11-14H2,1-2H3,(H,26,32)(H,28,29). The van der Waals surface area contributed by atoms with E-state index in [4.69, 9.17) is 14.5 Å². The number of anilines is 3. The highest BCUT2D eigenvalue weighted by Crippen LogP contribution is 2.31. The summed E-state index contributed by atoms with van der Waals surface area (Å²) in [4.78, 5) is 23.0. The van der Waals surface area contributed by atoms with Gasteiger partial charge in [-0.05, 0) is 30.3 Å². The van der Waals surface area contributed by atoms with Crippen molar-refractivity contribution in [1.82, 2.24) is 19.9 Å². The number of para-hydroxylation sites is 2. The highest BCUT2D eigenvalue weighted by Gasteiger charge is 2.16. The number of ether oxygens (including phenoxy) is 2. The zero-order valence-electron chi connectivity index (χ0n) is 19.1. The third-order valence-electron chi connectivity index (χ3n) is 5.78. The van der Waals surface area contributed by atoms with E-state index in [9.17, 15) is 4.79 Å². The van der Waals surface area contributed by atoms with Gasteiger partial charge in [0, 0.05) is 45.5 Å². The molecule has 5 rings (SSSR count). The molecule has 0 atom stereocenters. The van der Waals surface area contributed by atoms with Gasteiger partial charge >= 0.3 is 0 Å². The van der Waals surface area contributed by atoms with Gasteiger partial charge in [-0.1, -0.05) is 12.1 Å². The van der Waals surface area contributed by atoms with Crippen LogP contribution in [0.15, 0.2) is 60.8 Å². The number of carbonyl (C=O) groups is 1. The lowest BCUT2D eigenvalue weighted by atomic mass is 10.2. The van der Waals surface area contributed by atoms with Crippen LogP contribution in [0.2, 0.25) is 0 Å². The lowest BCUT2D eigenvalue weighted by Gasteiger charge is -2.30. The molecule has 0 spiro atoms. The van der Waals surface area contributed by atoms with Crippen LogP contribution in [0, 0.1) is 0 Å². The first kappa shape index (κ1) is 21.7. The average molecular weight is 459 g/mol. The van der Waals surface area contributed by atoms with Gasteiger partial charge in [0.1, 0.15) is 17.2 Å². The minimum Gasteiger partial charge on any atom is -0.457 e. The van der Waals surface area contributed by atoms with Crippen molar-refractivity contribution in [3.05, 3.63) is 66.5 Å². The Labute approximate surface area is 197 Å². The van der Waals surface area contributed by atoms with E-state index in [1.165, 1.54) is 0 Å². The van der Waals surface area contributed by atoms with Crippen LogP contribution in [0.4, 0.5) is 17.3 Å². The van der Waals surface area contributed by atoms with E-state index < -0.39 is 0 Å². The smallest absolute Gasteiger partial charge is 0.269 e. The molecule has 1 aliphatic rings. The van der Waals surface area contributed by atoms with Gasteiger partial charge in [0.05, 0.1) is 35.6 Å². The number of amides is 1. The number of benzene rings is 2. The molecule has 1 fully saturated rings. The fourth-order valence-electron chi connectivity index (χ4n) is 4.00. The molecule has 34 heavy (non-hydrogen) atoms. The molecule has 0 saturated carbocycles. The summed E-state index contributed by atoms with van der Waals surface area (Å²) in [5.41, 5.74) is 4.19. The van der Waals surface area contributed by atoms with Gasteiger partial charge in [0.2, 0.25) is 5.95 Å². The lowest BCUT2D eigenvalue weighted by molar-refractivity contribution is 0.0958. The second kappa shape index (κ2) is 9.40. The molecule has 4 aromatic rings. The van der Waals surface area contributed by atoms with Crippen LogP contribution < -0.4 is 20.3 Å². The van der Waals surface area contributed by atoms with Crippen LogP contribution >= 0.6 is 0 Å². The van der Waals surface area contributed by atoms with Crippen molar-refractivity contribution in [3.8, 4) is 11.5 Å². The number of aromatic nitrogens is 3. The van der Waals surface area contributed by atoms with Crippen LogP contribution in [0.3, 0.4) is 0 Å². The van der Waals surface area contributed by atoms with E-state index in [2.05, 4.69) is 32.7 Å². The van der Waals surface area contributed by atoms with Gasteiger partial charge in [-0.2, -0.15) is 0 Å². The molecule has 3 heterocycles. The summed E-state index contributed by atoms with van der Waals surface area (Å²) in [7, 11) is 3.55. The van der Waals surface area contributed by atoms with Crippen LogP contribution in [0.5, 0.6) is 11.5 Å². The van der Waals surface area contributed by atoms with Crippen molar-refractivity contribution in [2.45, 2.75) is 0 Å². The van der Waals surface area contributed by atoms with E-state index in [0.717, 1.165) is 54.7 Å². The molecule has 0 radical (unpaired) electrons. The number of nitrogens with zero attached hydrogens (tertiary/aromatic N) is 4. The first-order valence-electron chi connectivity index (χ1n) is 11.1. The van der Waals surface area contributed by atoms with Gasteiger partial charge < -0.3 is 29.6 Å². The van der Waals surface area contributed by atoms with E-state index in [1.807, 2.05) is 41.9 Å². The molecule has 2 N–H and O–H groups in total. The SMILES string of the molecule is CNC(=O)c1cc(Oc2ccc3c(c2)nc(Nc2ccccc2N2CCOCC2)n3C)ccn1. The molecule has 9 heteroatoms. The topological polar surface area (TPSA) is 93.5 Å². The Morgan fingerprint density at radius 2 is 1.85 bits per heavy atom. The van der Waals surface area contributed by atoms with Crippen molar-refractivity contribution in [2.24, 2.45) is 7.05 Å². The number of hydrogen-bond donors (Lipinski definition) is 2. The van der Waals surface area contributed by atoms with Gasteiger partial charge in [-0.15, -0.1) is 0 Å². The fourth-order valence-corrected chi connectivity index (χ4v) is 4.00. The maximum absolute atomic E-state index is 11.9. The summed E-state index contributed by atoms with van der Waals surface area (Å²) in [5.74, 6) is 1.62. The molecule has 0 unspecified atom stereocenters. The monoisotopic (exact) mass is 458 g/mol. The predicted octanol–water partition coefficient (Wildman–Crippen LogP) is 3.70. The largest absolute Gasteiger partial charge is 0.457 e. The number of fused-ring (bicyclic) bond motifs is 1. The normalized spacial score (nSPS) is 13.6. The average Bonchev–Trinajstić information content (AvgIpc) is 3.18. The number of pyridine rings is 1. The molecular weight excluding hydrogens is 432 g/mol. The molecule has 1 amide bonds. The van der Waals surface area contributed by atoms with Crippen LogP contribution in [0.1, 0.15) is 10.5 Å². The molecule has 0 aliphatic carbocycles. The Bertz CT molecular complexity index is 1330. The van der Waals surface area contributed by atoms with Gasteiger partial charge in [0.25, 0.3) is 5.91 Å². The van der Waals surface area contributed by atoms with Crippen molar-refractivity contribution >= 4 is 34.3 Å². The van der Waals surface area contributed by atoms with Crippen molar-refractivity contribution in [1.29, 1.82) is 0 Å². The van der Waals surface area contributed by atoms with E-state index in [-0.39, 0.29) is 5.91 Å². The van der Waals surface area contributed by atoms with Gasteiger partial charge in [-0.25, -0.2) is 4.98 Å². The first-order valence-corrected chi connectivity index (χ1v) is 11.1. The molecule has 1 saturated heterocycles. The molecule has 2 aromatic heterocycles. The van der Waals surface area contributed by atoms with Crippen molar-refractivity contribution in [2.75, 3.05) is 43.6 Å². The Morgan fingerprint density at radius 3 is 2.68 bits per heavy atom. The maximum Gasteiger partial charge on any atom is 0.269 e. The molecule has 2 aromatic carbocycles. The van der Waals surface area contributed by atoms with Crippen molar-refractivity contribution < 1.29 is 14.3 Å². The summed E-state index contributed by atoms with van der Waals surface area (Å²) >= 11 is 0. The molecular formula is C25H26N6O3. The Morgan fingerprint density at radius 1 is 1.06 bits per heavy atom. The molecule has 1 aliphatic heterocycles. The highest BCUT2D eigenvalue weighted by molar-refractivity contribution is 5.92. The van der Waals surface area contributed by atoms with Crippen LogP contribution in [-0.4, -0.2) is 53.8 Å². The number of nitrogens with one attached hydrogen (secondary N) is 2. The van der Waals surface area contributed by atoms with Gasteiger partial charge in [-0.3, -0.25) is 9.78 Å². The Hall–Kier alpha value is -4.11. The number of carbonyl (C=O) groups excluding carboxylic acids is 1. The number of aryl methyl sites for hydroxylation is 1.